The van der Waals surface area contributed by atoms with Gasteiger partial charge in [0.15, 0.2) is 0 Å². The molecule has 17 heavy (non-hydrogen) atoms. The molecule has 0 aromatic heterocycles. The Balaban J connectivity index is 2.76. The molecule has 0 fully saturated rings. The lowest BCUT2D eigenvalue weighted by atomic mass is 9.92. The third kappa shape index (κ3) is 3.29. The summed E-state index contributed by atoms with van der Waals surface area (Å²) in [7, 11) is 0. The molecular formula is C12H16N2O3. The van der Waals surface area contributed by atoms with Crippen LogP contribution in [-0.2, 0) is 4.79 Å². The van der Waals surface area contributed by atoms with E-state index in [4.69, 9.17) is 10.8 Å². The van der Waals surface area contributed by atoms with E-state index in [-0.39, 0.29) is 18.0 Å². The fourth-order valence-electron chi connectivity index (χ4n) is 1.09. The van der Waals surface area contributed by atoms with Crippen LogP contribution in [0.5, 0.6) is 0 Å². The maximum atomic E-state index is 11.8. The largest absolute Gasteiger partial charge is 0.478 e. The minimum Gasteiger partial charge on any atom is -0.478 e. The zero-order valence-electron chi connectivity index (χ0n) is 9.86. The van der Waals surface area contributed by atoms with Crippen LogP contribution in [0.3, 0.4) is 0 Å². The van der Waals surface area contributed by atoms with E-state index in [0.29, 0.717) is 5.69 Å². The maximum absolute atomic E-state index is 11.8. The van der Waals surface area contributed by atoms with Crippen molar-refractivity contribution in [2.75, 3.05) is 11.9 Å². The van der Waals surface area contributed by atoms with Crippen LogP contribution in [-0.4, -0.2) is 23.5 Å². The lowest BCUT2D eigenvalue weighted by Gasteiger charge is -2.21. The van der Waals surface area contributed by atoms with Gasteiger partial charge in [0.05, 0.1) is 11.0 Å². The Morgan fingerprint density at radius 3 is 2.24 bits per heavy atom. The average molecular weight is 236 g/mol. The molecule has 4 N–H and O–H groups in total. The van der Waals surface area contributed by atoms with Crippen molar-refractivity contribution >= 4 is 17.6 Å². The highest BCUT2D eigenvalue weighted by Crippen LogP contribution is 2.17. The normalized spacial score (nSPS) is 11.0. The van der Waals surface area contributed by atoms with Gasteiger partial charge in [-0.15, -0.1) is 0 Å². The van der Waals surface area contributed by atoms with E-state index in [0.717, 1.165) is 0 Å². The van der Waals surface area contributed by atoms with Gasteiger partial charge >= 0.3 is 5.97 Å². The van der Waals surface area contributed by atoms with Crippen LogP contribution in [0, 0.1) is 5.41 Å². The van der Waals surface area contributed by atoms with Gasteiger partial charge in [-0.1, -0.05) is 0 Å². The molecule has 0 unspecified atom stereocenters. The smallest absolute Gasteiger partial charge is 0.335 e. The molecule has 0 aliphatic carbocycles. The molecule has 0 spiro atoms. The SMILES string of the molecule is CC(C)(CN)C(=O)Nc1ccc(C(=O)O)cc1. The average Bonchev–Trinajstić information content (AvgIpc) is 2.29. The molecule has 0 aliphatic heterocycles. The van der Waals surface area contributed by atoms with Crippen LogP contribution in [0.15, 0.2) is 24.3 Å². The van der Waals surface area contributed by atoms with Gasteiger partial charge in [0, 0.05) is 12.2 Å². The number of hydrogen-bond donors (Lipinski definition) is 3. The number of aromatic carboxylic acids is 1. The Kier molecular flexibility index (Phi) is 3.85. The maximum Gasteiger partial charge on any atom is 0.335 e. The fourth-order valence-corrected chi connectivity index (χ4v) is 1.09. The molecule has 1 aromatic carbocycles. The standard InChI is InChI=1S/C12H16N2O3/c1-12(2,7-13)11(17)14-9-5-3-8(4-6-9)10(15)16/h3-6H,7,13H2,1-2H3,(H,14,17)(H,15,16). The second-order valence-corrected chi connectivity index (χ2v) is 4.42. The highest BCUT2D eigenvalue weighted by Gasteiger charge is 2.25. The van der Waals surface area contributed by atoms with E-state index < -0.39 is 11.4 Å². The molecule has 0 bridgehead atoms. The molecule has 1 amide bonds. The van der Waals surface area contributed by atoms with Gasteiger partial charge < -0.3 is 16.2 Å². The van der Waals surface area contributed by atoms with E-state index >= 15 is 0 Å². The Morgan fingerprint density at radius 1 is 1.29 bits per heavy atom. The Bertz CT molecular complexity index is 424. The lowest BCUT2D eigenvalue weighted by molar-refractivity contribution is -0.123. The number of carbonyl (C=O) groups is 2. The number of nitrogens with one attached hydrogen (secondary N) is 1. The van der Waals surface area contributed by atoms with Crippen LogP contribution < -0.4 is 11.1 Å². The summed E-state index contributed by atoms with van der Waals surface area (Å²) in [6, 6.07) is 5.97. The Hall–Kier alpha value is -1.88. The van der Waals surface area contributed by atoms with E-state index in [1.165, 1.54) is 12.1 Å². The van der Waals surface area contributed by atoms with Gasteiger partial charge in [0.2, 0.25) is 5.91 Å². The van der Waals surface area contributed by atoms with Crippen molar-refractivity contribution in [3.63, 3.8) is 0 Å². The molecule has 0 aliphatic rings. The minimum absolute atomic E-state index is 0.182. The molecule has 0 heterocycles. The second kappa shape index (κ2) is 4.97. The number of anilines is 1. The number of carboxylic acid groups (broad SMARTS) is 1. The van der Waals surface area contributed by atoms with Crippen LogP contribution in [0.1, 0.15) is 24.2 Å². The molecule has 0 saturated carbocycles. The van der Waals surface area contributed by atoms with Crippen molar-refractivity contribution in [3.8, 4) is 0 Å². The van der Waals surface area contributed by atoms with Gasteiger partial charge in [-0.25, -0.2) is 4.79 Å². The highest BCUT2D eigenvalue weighted by molar-refractivity contribution is 5.95. The molecule has 92 valence electrons. The van der Waals surface area contributed by atoms with E-state index in [9.17, 15) is 9.59 Å². The van der Waals surface area contributed by atoms with E-state index in [1.54, 1.807) is 26.0 Å². The predicted octanol–water partition coefficient (Wildman–Crippen LogP) is 1.31. The van der Waals surface area contributed by atoms with Crippen molar-refractivity contribution in [2.24, 2.45) is 11.1 Å². The summed E-state index contributed by atoms with van der Waals surface area (Å²) in [4.78, 5) is 22.4. The second-order valence-electron chi connectivity index (χ2n) is 4.42. The summed E-state index contributed by atoms with van der Waals surface area (Å²) in [5.74, 6) is -1.19. The highest BCUT2D eigenvalue weighted by atomic mass is 16.4. The fraction of sp³-hybridized carbons (Fsp3) is 0.333. The summed E-state index contributed by atoms with van der Waals surface area (Å²) >= 11 is 0. The topological polar surface area (TPSA) is 92.4 Å². The summed E-state index contributed by atoms with van der Waals surface area (Å²) in [6.45, 7) is 3.73. The molecule has 1 rings (SSSR count). The first-order valence-electron chi connectivity index (χ1n) is 5.22. The van der Waals surface area contributed by atoms with Crippen LogP contribution >= 0.6 is 0 Å². The number of hydrogen-bond acceptors (Lipinski definition) is 3. The van der Waals surface area contributed by atoms with Gasteiger partial charge in [-0.2, -0.15) is 0 Å². The number of nitrogens with two attached hydrogens (primary N) is 1. The van der Waals surface area contributed by atoms with Gasteiger partial charge in [-0.05, 0) is 38.1 Å². The quantitative estimate of drug-likeness (QED) is 0.734. The lowest BCUT2D eigenvalue weighted by Crippen LogP contribution is -2.37. The Morgan fingerprint density at radius 2 is 1.82 bits per heavy atom. The zero-order valence-corrected chi connectivity index (χ0v) is 9.86. The molecule has 1 aromatic rings. The Labute approximate surface area is 99.6 Å². The van der Waals surface area contributed by atoms with E-state index in [1.807, 2.05) is 0 Å². The first kappa shape index (κ1) is 13.2. The number of benzene rings is 1. The summed E-state index contributed by atoms with van der Waals surface area (Å²) < 4.78 is 0. The first-order chi connectivity index (χ1) is 7.86. The molecule has 0 saturated heterocycles. The summed E-state index contributed by atoms with van der Waals surface area (Å²) in [5.41, 5.74) is 5.58. The van der Waals surface area contributed by atoms with Gasteiger partial charge in [0.1, 0.15) is 0 Å². The van der Waals surface area contributed by atoms with Crippen molar-refractivity contribution in [3.05, 3.63) is 29.8 Å². The minimum atomic E-state index is -0.995. The van der Waals surface area contributed by atoms with E-state index in [2.05, 4.69) is 5.32 Å². The number of carboxylic acids is 1. The zero-order chi connectivity index (χ0) is 13.1. The first-order valence-corrected chi connectivity index (χ1v) is 5.22. The van der Waals surface area contributed by atoms with Crippen molar-refractivity contribution in [2.45, 2.75) is 13.8 Å². The molecule has 5 nitrogen and oxygen atoms in total. The molecular weight excluding hydrogens is 220 g/mol. The molecule has 5 heteroatoms. The predicted molar refractivity (Wildman–Crippen MR) is 64.9 cm³/mol. The van der Waals surface area contributed by atoms with Crippen LogP contribution in [0.25, 0.3) is 0 Å². The number of rotatable bonds is 4. The van der Waals surface area contributed by atoms with Crippen LogP contribution in [0.4, 0.5) is 5.69 Å². The van der Waals surface area contributed by atoms with Crippen molar-refractivity contribution in [1.82, 2.24) is 0 Å². The van der Waals surface area contributed by atoms with Crippen molar-refractivity contribution in [1.29, 1.82) is 0 Å². The van der Waals surface area contributed by atoms with Crippen LogP contribution in [0.2, 0.25) is 0 Å². The molecule has 0 atom stereocenters. The van der Waals surface area contributed by atoms with Gasteiger partial charge in [-0.3, -0.25) is 4.79 Å². The third-order valence-corrected chi connectivity index (χ3v) is 2.51. The third-order valence-electron chi connectivity index (χ3n) is 2.51. The molecule has 0 radical (unpaired) electrons. The number of amides is 1. The summed E-state index contributed by atoms with van der Waals surface area (Å²) in [6.07, 6.45) is 0. The van der Waals surface area contributed by atoms with Gasteiger partial charge in [0.25, 0.3) is 0 Å². The van der Waals surface area contributed by atoms with Crippen molar-refractivity contribution < 1.29 is 14.7 Å². The summed E-state index contributed by atoms with van der Waals surface area (Å²) in [5, 5.41) is 11.4. The number of carbonyl (C=O) groups excluding carboxylic acids is 1. The monoisotopic (exact) mass is 236 g/mol.